The van der Waals surface area contributed by atoms with Crippen LogP contribution in [-0.4, -0.2) is 58.8 Å². The first-order valence-corrected chi connectivity index (χ1v) is 20.0. The van der Waals surface area contributed by atoms with Crippen molar-refractivity contribution in [1.29, 1.82) is 0 Å². The number of ether oxygens (including phenoxy) is 3. The minimum atomic E-state index is -1.13. The topological polar surface area (TPSA) is 133 Å². The molecule has 6 atom stereocenters. The van der Waals surface area contributed by atoms with E-state index in [0.717, 1.165) is 58.2 Å². The van der Waals surface area contributed by atoms with Crippen LogP contribution in [0.1, 0.15) is 56.4 Å². The lowest BCUT2D eigenvalue weighted by Gasteiger charge is -2.58. The number of unbranched alkanes of at least 4 members (excludes halogenated alkanes) is 2. The number of aliphatic hydroxyl groups excluding tert-OH is 2. The zero-order valence-corrected chi connectivity index (χ0v) is 31.9. The van der Waals surface area contributed by atoms with Crippen LogP contribution in [0.3, 0.4) is 0 Å². The summed E-state index contributed by atoms with van der Waals surface area (Å²) in [6.07, 6.45) is 9.44. The average Bonchev–Trinajstić information content (AvgIpc) is 3.19. The van der Waals surface area contributed by atoms with Gasteiger partial charge in [0.15, 0.2) is 0 Å². The van der Waals surface area contributed by atoms with E-state index in [-0.39, 0.29) is 54.4 Å². The second-order valence-corrected chi connectivity index (χ2v) is 15.7. The predicted molar refractivity (Wildman–Crippen MR) is 215 cm³/mol. The van der Waals surface area contributed by atoms with Crippen LogP contribution in [0.5, 0.6) is 17.2 Å². The van der Waals surface area contributed by atoms with Gasteiger partial charge in [-0.3, -0.25) is 10.1 Å². The molecule has 0 bridgehead atoms. The van der Waals surface area contributed by atoms with Gasteiger partial charge in [-0.1, -0.05) is 66.5 Å². The maximum Gasteiger partial charge on any atom is 0.273 e. The van der Waals surface area contributed by atoms with E-state index in [1.807, 2.05) is 30.3 Å². The molecule has 0 spiro atoms. The van der Waals surface area contributed by atoms with Crippen molar-refractivity contribution < 1.29 is 34.2 Å². The highest BCUT2D eigenvalue weighted by Gasteiger charge is 2.64. The van der Waals surface area contributed by atoms with E-state index in [1.165, 1.54) is 12.1 Å². The van der Waals surface area contributed by atoms with Gasteiger partial charge >= 0.3 is 0 Å². The van der Waals surface area contributed by atoms with E-state index in [4.69, 9.17) is 19.0 Å². The minimum absolute atomic E-state index is 0.0539. The van der Waals surface area contributed by atoms with E-state index in [1.54, 1.807) is 37.1 Å². The molecule has 1 fully saturated rings. The van der Waals surface area contributed by atoms with Crippen LogP contribution in [0, 0.1) is 27.9 Å². The van der Waals surface area contributed by atoms with E-state index in [0.29, 0.717) is 36.5 Å². The van der Waals surface area contributed by atoms with Crippen molar-refractivity contribution in [1.82, 2.24) is 0 Å². The first kappa shape index (κ1) is 38.6. The Morgan fingerprint density at radius 2 is 1.75 bits per heavy atom. The Morgan fingerprint density at radius 1 is 0.964 bits per heavy atom. The molecule has 2 aliphatic carbocycles. The molecular weight excluding hydrogens is 717 g/mol. The zero-order chi connectivity index (χ0) is 38.4. The van der Waals surface area contributed by atoms with Gasteiger partial charge in [0, 0.05) is 42.1 Å². The molecule has 1 saturated carbocycles. The summed E-state index contributed by atoms with van der Waals surface area (Å²) in [6, 6.07) is 26.8. The smallest absolute Gasteiger partial charge is 0.273 e. The number of nitro groups is 1. The third-order valence-corrected chi connectivity index (χ3v) is 12.4. The Kier molecular flexibility index (Phi) is 12.2. The summed E-state index contributed by atoms with van der Waals surface area (Å²) in [5, 5.41) is 37.9. The Bertz CT molecular complexity index is 2070. The maximum absolute atomic E-state index is 11.6. The van der Waals surface area contributed by atoms with Crippen molar-refractivity contribution in [3.05, 3.63) is 125 Å². The van der Waals surface area contributed by atoms with Gasteiger partial charge in [-0.05, 0) is 90.3 Å². The lowest BCUT2D eigenvalue weighted by molar-refractivity contribution is -0.384. The fourth-order valence-electron chi connectivity index (χ4n) is 8.80. The molecule has 1 aliphatic heterocycles. The number of hydrogen-bond donors (Lipinski definition) is 2. The molecule has 7 rings (SSSR count). The van der Waals surface area contributed by atoms with Crippen molar-refractivity contribution >= 4 is 33.9 Å². The molecule has 10 nitrogen and oxygen atoms in total. The molecule has 4 aromatic rings. The molecule has 11 heteroatoms. The predicted octanol–water partition coefficient (Wildman–Crippen LogP) is 9.60. The monoisotopic (exact) mass is 764 g/mol. The lowest BCUT2D eigenvalue weighted by atomic mass is 9.56. The second kappa shape index (κ2) is 17.4. The second-order valence-electron chi connectivity index (χ2n) is 14.4. The van der Waals surface area contributed by atoms with Gasteiger partial charge in [-0.25, -0.2) is 0 Å². The van der Waals surface area contributed by atoms with E-state index >= 15 is 0 Å². The number of benzene rings is 4. The summed E-state index contributed by atoms with van der Waals surface area (Å²) in [5.74, 6) is 0.285. The molecule has 1 heterocycles. The maximum atomic E-state index is 11.6. The lowest BCUT2D eigenvalue weighted by Crippen LogP contribution is -2.64. The number of non-ortho nitro benzene ring substituents is 1. The van der Waals surface area contributed by atoms with Crippen LogP contribution in [-0.2, 0) is 9.57 Å². The molecule has 4 aromatic carbocycles. The molecule has 0 saturated heterocycles. The highest BCUT2D eigenvalue weighted by molar-refractivity contribution is 8.00. The van der Waals surface area contributed by atoms with Gasteiger partial charge in [-0.2, -0.15) is 0 Å². The molecule has 6 unspecified atom stereocenters. The van der Waals surface area contributed by atoms with Crippen LogP contribution in [0.4, 0.5) is 5.69 Å². The van der Waals surface area contributed by atoms with Crippen molar-refractivity contribution in [3.63, 3.8) is 0 Å². The Morgan fingerprint density at radius 3 is 2.51 bits per heavy atom. The summed E-state index contributed by atoms with van der Waals surface area (Å²) in [7, 11) is 1.58. The first-order valence-electron chi connectivity index (χ1n) is 19.1. The van der Waals surface area contributed by atoms with Crippen molar-refractivity contribution in [2.45, 2.75) is 66.8 Å². The van der Waals surface area contributed by atoms with Crippen molar-refractivity contribution in [3.8, 4) is 17.2 Å². The molecule has 288 valence electrons. The third-order valence-electron chi connectivity index (χ3n) is 11.1. The number of allylic oxidation sites excluding steroid dienone is 1. The molecule has 3 aliphatic rings. The number of rotatable bonds is 17. The summed E-state index contributed by atoms with van der Waals surface area (Å²) in [5.41, 5.74) is 2.80. The fraction of sp³-hybridized carbons (Fsp3) is 0.386. The van der Waals surface area contributed by atoms with E-state index < -0.39 is 10.7 Å². The summed E-state index contributed by atoms with van der Waals surface area (Å²) < 4.78 is 20.6. The molecule has 0 radical (unpaired) electrons. The molecule has 0 amide bonds. The minimum Gasteiger partial charge on any atom is -0.460 e. The van der Waals surface area contributed by atoms with Gasteiger partial charge in [0.2, 0.25) is 5.79 Å². The number of nitrogens with zero attached hydrogens (tertiary/aromatic N) is 2. The fourth-order valence-corrected chi connectivity index (χ4v) is 10.1. The number of nitro benzene ring substituents is 1. The number of hydrogen-bond acceptors (Lipinski definition) is 10. The van der Waals surface area contributed by atoms with Gasteiger partial charge in [0.1, 0.15) is 24.4 Å². The van der Waals surface area contributed by atoms with Gasteiger partial charge in [0.05, 0.1) is 34.5 Å². The normalized spacial score (nSPS) is 24.7. The molecule has 55 heavy (non-hydrogen) atoms. The number of oxime groups is 1. The van der Waals surface area contributed by atoms with Crippen molar-refractivity contribution in [2.75, 3.05) is 26.9 Å². The SMILES string of the molecule is C=CCOC12Oc3ccc(Oc4cccc([N+](=O)[O-])c4)cc3C3C(CCCCO)C(CCCCO)C=C(C(=NOC)CC1Sc1ccc4ccccc4c1)C32. The Balaban J connectivity index is 1.40. The van der Waals surface area contributed by atoms with Crippen LogP contribution < -0.4 is 9.47 Å². The van der Waals surface area contributed by atoms with E-state index in [9.17, 15) is 20.3 Å². The van der Waals surface area contributed by atoms with Gasteiger partial charge in [-0.15, -0.1) is 18.3 Å². The standard InChI is InChI=1S/C44H48N2O8S/c1-3-23-52-44-41(55-35-19-17-29-11-4-5-12-30(29)24-35)28-39(45-51-2)37-25-31(13-6-8-21-47)36(16-7-9-22-48)42(43(37)44)38-27-34(18-20-40(38)54-44)53-33-15-10-14-32(26-33)46(49)50/h3-5,10-12,14-15,17-20,24-27,31,36,41-43,47-48H,1,6-9,13,16,21-23,28H2,2H3. The molecule has 2 N–H and O–H groups in total. The van der Waals surface area contributed by atoms with Gasteiger partial charge < -0.3 is 29.3 Å². The van der Waals surface area contributed by atoms with Crippen LogP contribution in [0.2, 0.25) is 0 Å². The van der Waals surface area contributed by atoms with Crippen LogP contribution in [0.25, 0.3) is 10.8 Å². The summed E-state index contributed by atoms with van der Waals surface area (Å²) >= 11 is 1.72. The zero-order valence-electron chi connectivity index (χ0n) is 31.0. The molecule has 0 aromatic heterocycles. The van der Waals surface area contributed by atoms with Crippen LogP contribution in [0.15, 0.2) is 119 Å². The van der Waals surface area contributed by atoms with Gasteiger partial charge in [0.25, 0.3) is 5.69 Å². The highest BCUT2D eigenvalue weighted by atomic mass is 32.2. The Hall–Kier alpha value is -4.68. The van der Waals surface area contributed by atoms with Crippen LogP contribution >= 0.6 is 11.8 Å². The molecular formula is C44H48N2O8S. The number of aliphatic hydroxyl groups is 2. The van der Waals surface area contributed by atoms with E-state index in [2.05, 4.69) is 48.1 Å². The highest BCUT2D eigenvalue weighted by Crippen LogP contribution is 2.63. The first-order chi connectivity index (χ1) is 26.9. The summed E-state index contributed by atoms with van der Waals surface area (Å²) in [6.45, 7) is 4.52. The number of fused-ring (bicyclic) bond motifs is 3. The average molecular weight is 765 g/mol. The summed E-state index contributed by atoms with van der Waals surface area (Å²) in [4.78, 5) is 17.8. The third kappa shape index (κ3) is 8.02. The number of thioether (sulfide) groups is 1. The van der Waals surface area contributed by atoms with Crippen molar-refractivity contribution in [2.24, 2.45) is 22.9 Å². The quantitative estimate of drug-likeness (QED) is 0.0467. The Labute approximate surface area is 326 Å². The largest absolute Gasteiger partial charge is 0.460 e.